The van der Waals surface area contributed by atoms with Crippen LogP contribution in [-0.2, 0) is 6.54 Å². The molecule has 20 heavy (non-hydrogen) atoms. The summed E-state index contributed by atoms with van der Waals surface area (Å²) in [6.45, 7) is 7.22. The van der Waals surface area contributed by atoms with Gasteiger partial charge in [-0.15, -0.1) is 0 Å². The van der Waals surface area contributed by atoms with Gasteiger partial charge in [0.2, 0.25) is 0 Å². The molecule has 1 aliphatic carbocycles. The third-order valence-electron chi connectivity index (χ3n) is 5.18. The van der Waals surface area contributed by atoms with Gasteiger partial charge >= 0.3 is 0 Å². The average molecular weight is 271 g/mol. The van der Waals surface area contributed by atoms with Crippen molar-refractivity contribution in [3.05, 3.63) is 35.4 Å². The number of rotatable bonds is 2. The fourth-order valence-corrected chi connectivity index (χ4v) is 3.87. The SMILES string of the molecule is c1ccc2c(c1)CNCCC2N1CCN(C2CC2)CC1. The Hall–Kier alpha value is -0.900. The summed E-state index contributed by atoms with van der Waals surface area (Å²) in [5.41, 5.74) is 3.07. The summed E-state index contributed by atoms with van der Waals surface area (Å²) in [7, 11) is 0. The Balaban J connectivity index is 1.50. The Kier molecular flexibility index (Phi) is 3.51. The Bertz CT molecular complexity index is 461. The van der Waals surface area contributed by atoms with Crippen LogP contribution in [0.4, 0.5) is 0 Å². The zero-order valence-corrected chi connectivity index (χ0v) is 12.2. The van der Waals surface area contributed by atoms with E-state index in [0.29, 0.717) is 6.04 Å². The highest BCUT2D eigenvalue weighted by Gasteiger charge is 2.33. The van der Waals surface area contributed by atoms with E-state index in [1.807, 2.05) is 0 Å². The van der Waals surface area contributed by atoms with E-state index in [4.69, 9.17) is 0 Å². The van der Waals surface area contributed by atoms with Crippen molar-refractivity contribution in [1.82, 2.24) is 15.1 Å². The number of hydrogen-bond donors (Lipinski definition) is 1. The van der Waals surface area contributed by atoms with E-state index >= 15 is 0 Å². The average Bonchev–Trinajstić information content (AvgIpc) is 3.34. The predicted molar refractivity (Wildman–Crippen MR) is 81.7 cm³/mol. The molecule has 0 spiro atoms. The molecule has 4 rings (SSSR count). The van der Waals surface area contributed by atoms with Gasteiger partial charge in [-0.25, -0.2) is 0 Å². The van der Waals surface area contributed by atoms with E-state index in [9.17, 15) is 0 Å². The standard InChI is InChI=1S/C17H25N3/c1-2-4-16-14(3-1)13-18-8-7-17(16)20-11-9-19(10-12-20)15-5-6-15/h1-4,15,17-18H,5-13H2. The maximum absolute atomic E-state index is 3.57. The first-order valence-electron chi connectivity index (χ1n) is 8.18. The van der Waals surface area contributed by atoms with Gasteiger partial charge in [0, 0.05) is 44.8 Å². The van der Waals surface area contributed by atoms with Crippen molar-refractivity contribution in [2.45, 2.75) is 37.9 Å². The molecular weight excluding hydrogens is 246 g/mol. The molecule has 1 aromatic rings. The normalized spacial score (nSPS) is 28.9. The van der Waals surface area contributed by atoms with Crippen molar-refractivity contribution in [3.63, 3.8) is 0 Å². The van der Waals surface area contributed by atoms with Crippen LogP contribution in [-0.4, -0.2) is 48.6 Å². The fourth-order valence-electron chi connectivity index (χ4n) is 3.87. The summed E-state index contributed by atoms with van der Waals surface area (Å²) in [6, 6.07) is 10.6. The first kappa shape index (κ1) is 12.8. The molecule has 1 unspecified atom stereocenters. The molecule has 1 N–H and O–H groups in total. The lowest BCUT2D eigenvalue weighted by Gasteiger charge is -2.39. The molecule has 0 aromatic heterocycles. The molecule has 0 amide bonds. The quantitative estimate of drug-likeness (QED) is 0.887. The topological polar surface area (TPSA) is 18.5 Å². The Morgan fingerprint density at radius 3 is 2.45 bits per heavy atom. The number of nitrogens with zero attached hydrogens (tertiary/aromatic N) is 2. The van der Waals surface area contributed by atoms with Gasteiger partial charge in [-0.05, 0) is 36.9 Å². The largest absolute Gasteiger partial charge is 0.313 e. The maximum Gasteiger partial charge on any atom is 0.0364 e. The van der Waals surface area contributed by atoms with Gasteiger partial charge in [-0.2, -0.15) is 0 Å². The van der Waals surface area contributed by atoms with Crippen LogP contribution >= 0.6 is 0 Å². The molecule has 0 bridgehead atoms. The molecule has 2 aliphatic heterocycles. The van der Waals surface area contributed by atoms with Crippen molar-refractivity contribution >= 4 is 0 Å². The van der Waals surface area contributed by atoms with E-state index in [1.54, 1.807) is 5.56 Å². The van der Waals surface area contributed by atoms with Gasteiger partial charge in [-0.1, -0.05) is 24.3 Å². The van der Waals surface area contributed by atoms with Crippen LogP contribution in [0.5, 0.6) is 0 Å². The molecule has 3 nitrogen and oxygen atoms in total. The number of benzene rings is 1. The lowest BCUT2D eigenvalue weighted by molar-refractivity contribution is 0.0883. The van der Waals surface area contributed by atoms with Gasteiger partial charge < -0.3 is 5.32 Å². The summed E-state index contributed by atoms with van der Waals surface area (Å²) >= 11 is 0. The Labute approximate surface area is 121 Å². The number of hydrogen-bond acceptors (Lipinski definition) is 3. The molecule has 1 saturated heterocycles. The van der Waals surface area contributed by atoms with Gasteiger partial charge in [0.05, 0.1) is 0 Å². The van der Waals surface area contributed by atoms with Crippen molar-refractivity contribution in [3.8, 4) is 0 Å². The first-order chi connectivity index (χ1) is 9.92. The molecule has 1 atom stereocenters. The lowest BCUT2D eigenvalue weighted by Crippen LogP contribution is -2.48. The monoisotopic (exact) mass is 271 g/mol. The van der Waals surface area contributed by atoms with Crippen LogP contribution in [0, 0.1) is 0 Å². The molecule has 0 radical (unpaired) electrons. The molecule has 3 aliphatic rings. The highest BCUT2D eigenvalue weighted by Crippen LogP contribution is 2.32. The summed E-state index contributed by atoms with van der Waals surface area (Å²) < 4.78 is 0. The van der Waals surface area contributed by atoms with Gasteiger partial charge in [0.25, 0.3) is 0 Å². The van der Waals surface area contributed by atoms with E-state index in [0.717, 1.165) is 19.1 Å². The number of fused-ring (bicyclic) bond motifs is 1. The first-order valence-corrected chi connectivity index (χ1v) is 8.18. The van der Waals surface area contributed by atoms with Crippen molar-refractivity contribution in [1.29, 1.82) is 0 Å². The van der Waals surface area contributed by atoms with Crippen molar-refractivity contribution in [2.75, 3.05) is 32.7 Å². The zero-order chi connectivity index (χ0) is 13.4. The van der Waals surface area contributed by atoms with Crippen LogP contribution in [0.15, 0.2) is 24.3 Å². The third-order valence-corrected chi connectivity index (χ3v) is 5.18. The van der Waals surface area contributed by atoms with Gasteiger partial charge in [-0.3, -0.25) is 9.80 Å². The zero-order valence-electron chi connectivity index (χ0n) is 12.2. The molecule has 1 saturated carbocycles. The second-order valence-electron chi connectivity index (χ2n) is 6.48. The molecule has 1 aromatic carbocycles. The van der Waals surface area contributed by atoms with Gasteiger partial charge in [0.15, 0.2) is 0 Å². The lowest BCUT2D eigenvalue weighted by atomic mass is 9.97. The fraction of sp³-hybridized carbons (Fsp3) is 0.647. The van der Waals surface area contributed by atoms with Gasteiger partial charge in [0.1, 0.15) is 0 Å². The van der Waals surface area contributed by atoms with Crippen LogP contribution in [0.1, 0.15) is 36.4 Å². The second kappa shape index (κ2) is 5.47. The minimum Gasteiger partial charge on any atom is -0.313 e. The van der Waals surface area contributed by atoms with E-state index in [-0.39, 0.29) is 0 Å². The van der Waals surface area contributed by atoms with Crippen molar-refractivity contribution < 1.29 is 0 Å². The Morgan fingerprint density at radius 1 is 0.900 bits per heavy atom. The number of nitrogens with one attached hydrogen (secondary N) is 1. The van der Waals surface area contributed by atoms with Crippen LogP contribution < -0.4 is 5.32 Å². The molecular formula is C17H25N3. The predicted octanol–water partition coefficient (Wildman–Crippen LogP) is 2.00. The van der Waals surface area contributed by atoms with E-state index in [1.165, 1.54) is 51.0 Å². The minimum atomic E-state index is 0.627. The molecule has 2 fully saturated rings. The maximum atomic E-state index is 3.57. The van der Waals surface area contributed by atoms with Crippen molar-refractivity contribution in [2.24, 2.45) is 0 Å². The third kappa shape index (κ3) is 2.50. The summed E-state index contributed by atoms with van der Waals surface area (Å²) in [6.07, 6.45) is 4.13. The van der Waals surface area contributed by atoms with E-state index < -0.39 is 0 Å². The van der Waals surface area contributed by atoms with E-state index in [2.05, 4.69) is 39.4 Å². The minimum absolute atomic E-state index is 0.627. The molecule has 3 heteroatoms. The molecule has 108 valence electrons. The van der Waals surface area contributed by atoms with Crippen LogP contribution in [0.3, 0.4) is 0 Å². The highest BCUT2D eigenvalue weighted by molar-refractivity contribution is 5.31. The highest BCUT2D eigenvalue weighted by atomic mass is 15.3. The van der Waals surface area contributed by atoms with Crippen LogP contribution in [0.25, 0.3) is 0 Å². The summed E-state index contributed by atoms with van der Waals surface area (Å²) in [5, 5.41) is 3.57. The second-order valence-corrected chi connectivity index (χ2v) is 6.48. The summed E-state index contributed by atoms with van der Waals surface area (Å²) in [5.74, 6) is 0. The smallest absolute Gasteiger partial charge is 0.0364 e. The number of piperazine rings is 1. The molecule has 2 heterocycles. The summed E-state index contributed by atoms with van der Waals surface area (Å²) in [4.78, 5) is 5.43. The Morgan fingerprint density at radius 2 is 1.65 bits per heavy atom. The van der Waals surface area contributed by atoms with Crippen LogP contribution in [0.2, 0.25) is 0 Å².